The van der Waals surface area contributed by atoms with Gasteiger partial charge in [-0.15, -0.1) is 10.2 Å². The van der Waals surface area contributed by atoms with Crippen molar-refractivity contribution in [3.8, 4) is 56.2 Å². The Labute approximate surface area is 318 Å². The molecule has 1 aliphatic heterocycles. The highest BCUT2D eigenvalue weighted by atomic mass is 32.2. The van der Waals surface area contributed by atoms with Crippen molar-refractivity contribution in [2.24, 2.45) is 0 Å². The van der Waals surface area contributed by atoms with Crippen molar-refractivity contribution in [2.45, 2.75) is 15.2 Å². The van der Waals surface area contributed by atoms with Crippen LogP contribution in [0.3, 0.4) is 0 Å². The first-order valence-corrected chi connectivity index (χ1v) is 19.1. The lowest BCUT2D eigenvalue weighted by Gasteiger charge is -2.41. The minimum atomic E-state index is -0.566. The van der Waals surface area contributed by atoms with Crippen molar-refractivity contribution in [1.82, 2.24) is 15.2 Å². The van der Waals surface area contributed by atoms with Crippen molar-refractivity contribution in [1.29, 1.82) is 0 Å². The summed E-state index contributed by atoms with van der Waals surface area (Å²) in [5.74, 6) is 0.594. The van der Waals surface area contributed by atoms with E-state index in [1.54, 1.807) is 0 Å². The summed E-state index contributed by atoms with van der Waals surface area (Å²) < 4.78 is 0. The normalized spacial score (nSPS) is 13.3. The van der Waals surface area contributed by atoms with E-state index in [1.807, 2.05) is 17.8 Å². The topological polar surface area (TPSA) is 38.7 Å². The van der Waals surface area contributed by atoms with Crippen molar-refractivity contribution in [3.05, 3.63) is 210 Å². The zero-order valence-corrected chi connectivity index (χ0v) is 30.0. The first kappa shape index (κ1) is 31.0. The molecule has 54 heavy (non-hydrogen) atoms. The van der Waals surface area contributed by atoms with E-state index in [9.17, 15) is 0 Å². The number of aromatic nitrogens is 3. The van der Waals surface area contributed by atoms with E-state index in [2.05, 4.69) is 182 Å². The van der Waals surface area contributed by atoms with Gasteiger partial charge < -0.3 is 0 Å². The molecule has 0 fully saturated rings. The molecule has 2 aliphatic rings. The lowest BCUT2D eigenvalue weighted by Crippen LogP contribution is -2.32. The molecule has 9 aromatic rings. The number of rotatable bonds is 4. The number of hydrogen-bond donors (Lipinski definition) is 0. The predicted molar refractivity (Wildman–Crippen MR) is 221 cm³/mol. The van der Waals surface area contributed by atoms with Gasteiger partial charge in [-0.1, -0.05) is 182 Å². The number of fused-ring (bicyclic) bond motifs is 10. The van der Waals surface area contributed by atoms with Gasteiger partial charge in [-0.2, -0.15) is 0 Å². The van der Waals surface area contributed by atoms with Gasteiger partial charge in [0, 0.05) is 26.5 Å². The zero-order chi connectivity index (χ0) is 35.6. The van der Waals surface area contributed by atoms with E-state index in [0.717, 1.165) is 39.2 Å². The monoisotopic (exact) mass is 705 g/mol. The maximum absolute atomic E-state index is 5.59. The van der Waals surface area contributed by atoms with Crippen LogP contribution in [0.15, 0.2) is 198 Å². The molecule has 0 amide bonds. The van der Waals surface area contributed by atoms with E-state index in [-0.39, 0.29) is 0 Å². The van der Waals surface area contributed by atoms with Gasteiger partial charge in [-0.3, -0.25) is 0 Å². The third kappa shape index (κ3) is 4.54. The average Bonchev–Trinajstić information content (AvgIpc) is 3.54. The van der Waals surface area contributed by atoms with Crippen LogP contribution in [0.5, 0.6) is 0 Å². The quantitative estimate of drug-likeness (QED) is 0.183. The zero-order valence-electron chi connectivity index (χ0n) is 29.1. The van der Waals surface area contributed by atoms with Crippen LogP contribution in [-0.2, 0) is 5.41 Å². The van der Waals surface area contributed by atoms with Crippen LogP contribution in [0.25, 0.3) is 66.9 Å². The Kier molecular flexibility index (Phi) is 7.01. The molecule has 0 N–H and O–H groups in total. The first-order valence-electron chi connectivity index (χ1n) is 18.3. The Morgan fingerprint density at radius 3 is 1.74 bits per heavy atom. The smallest absolute Gasteiger partial charge is 0.182 e. The highest BCUT2D eigenvalue weighted by Crippen LogP contribution is 2.63. The van der Waals surface area contributed by atoms with Gasteiger partial charge in [0.15, 0.2) is 5.82 Å². The molecule has 2 heterocycles. The fraction of sp³-hybridized carbons (Fsp3) is 0.0200. The maximum Gasteiger partial charge on any atom is 0.182 e. The second-order valence-electron chi connectivity index (χ2n) is 13.9. The van der Waals surface area contributed by atoms with Crippen LogP contribution in [0.4, 0.5) is 0 Å². The van der Waals surface area contributed by atoms with Crippen molar-refractivity contribution >= 4 is 22.5 Å². The molecule has 1 aromatic heterocycles. The number of hydrogen-bond acceptors (Lipinski definition) is 4. The summed E-state index contributed by atoms with van der Waals surface area (Å²) in [5.41, 5.74) is 13.8. The second-order valence-corrected chi connectivity index (χ2v) is 15.0. The minimum Gasteiger partial charge on any atom is -0.224 e. The molecule has 252 valence electrons. The molecule has 1 spiro atoms. The van der Waals surface area contributed by atoms with E-state index in [0.29, 0.717) is 5.82 Å². The van der Waals surface area contributed by atoms with Gasteiger partial charge in [0.05, 0.1) is 5.41 Å². The van der Waals surface area contributed by atoms with E-state index in [4.69, 9.17) is 15.2 Å². The summed E-state index contributed by atoms with van der Waals surface area (Å²) in [6, 6.07) is 67.4. The number of nitrogens with zero attached hydrogens (tertiary/aromatic N) is 3. The molecule has 0 unspecified atom stereocenters. The van der Waals surface area contributed by atoms with Crippen LogP contribution in [0.1, 0.15) is 22.3 Å². The molecule has 0 radical (unpaired) electrons. The Morgan fingerprint density at radius 2 is 0.963 bits per heavy atom. The molecule has 3 nitrogen and oxygen atoms in total. The van der Waals surface area contributed by atoms with E-state index >= 15 is 0 Å². The summed E-state index contributed by atoms with van der Waals surface area (Å²) in [5, 5.41) is 12.4. The third-order valence-electron chi connectivity index (χ3n) is 11.1. The average molecular weight is 706 g/mol. The van der Waals surface area contributed by atoms with E-state index in [1.165, 1.54) is 53.9 Å². The molecular weight excluding hydrogens is 675 g/mol. The van der Waals surface area contributed by atoms with Gasteiger partial charge in [0.1, 0.15) is 11.4 Å². The summed E-state index contributed by atoms with van der Waals surface area (Å²) in [7, 11) is 0. The molecule has 8 aromatic carbocycles. The second kappa shape index (κ2) is 12.2. The van der Waals surface area contributed by atoms with Crippen LogP contribution in [-0.4, -0.2) is 15.2 Å². The molecule has 1 aliphatic carbocycles. The highest BCUT2D eigenvalue weighted by molar-refractivity contribution is 7.99. The molecule has 4 heteroatoms. The molecule has 0 atom stereocenters. The Hall–Kier alpha value is -6.62. The summed E-state index contributed by atoms with van der Waals surface area (Å²) in [6.07, 6.45) is 0. The standard InChI is InChI=1S/C50H31N3S/c1-2-16-33(17-3-1)47-48(51-49(53-52-47)39-22-7-6-19-36(39)35-30-29-32-15-4-5-18-34(32)31-35)40-23-14-28-45-46(40)50(43-26-12-13-27-44(43)54-45)41-24-10-8-20-37(41)38-21-9-11-25-42(38)50/h1-31H. The van der Waals surface area contributed by atoms with Crippen molar-refractivity contribution in [2.75, 3.05) is 0 Å². The molecule has 0 saturated carbocycles. The van der Waals surface area contributed by atoms with Crippen LogP contribution < -0.4 is 0 Å². The molecule has 0 saturated heterocycles. The maximum atomic E-state index is 5.59. The SMILES string of the molecule is c1ccc(-c2nnc(-c3ccccc3-c3ccc4ccccc4c3)nc2-c2cccc3c2C2(c4ccccc4S3)c3ccccc3-c3ccccc32)cc1. The van der Waals surface area contributed by atoms with Crippen molar-refractivity contribution in [3.63, 3.8) is 0 Å². The lowest BCUT2D eigenvalue weighted by molar-refractivity contribution is 0.724. The highest BCUT2D eigenvalue weighted by Gasteiger charge is 2.51. The van der Waals surface area contributed by atoms with Crippen molar-refractivity contribution < 1.29 is 0 Å². The largest absolute Gasteiger partial charge is 0.224 e. The van der Waals surface area contributed by atoms with Crippen LogP contribution >= 0.6 is 11.8 Å². The first-order chi connectivity index (χ1) is 26.8. The van der Waals surface area contributed by atoms with Crippen LogP contribution in [0.2, 0.25) is 0 Å². The van der Waals surface area contributed by atoms with Gasteiger partial charge in [-0.05, 0) is 73.5 Å². The van der Waals surface area contributed by atoms with Gasteiger partial charge in [-0.25, -0.2) is 4.98 Å². The molecule has 0 bridgehead atoms. The van der Waals surface area contributed by atoms with E-state index < -0.39 is 5.41 Å². The Bertz CT molecular complexity index is 2890. The summed E-state index contributed by atoms with van der Waals surface area (Å²) in [6.45, 7) is 0. The fourth-order valence-electron chi connectivity index (χ4n) is 8.82. The summed E-state index contributed by atoms with van der Waals surface area (Å²) in [4.78, 5) is 8.07. The van der Waals surface area contributed by atoms with Gasteiger partial charge >= 0.3 is 0 Å². The summed E-state index contributed by atoms with van der Waals surface area (Å²) >= 11 is 1.84. The Balaban J connectivity index is 1.21. The third-order valence-corrected chi connectivity index (χ3v) is 12.2. The minimum absolute atomic E-state index is 0.566. The molecular formula is C50H31N3S. The Morgan fingerprint density at radius 1 is 0.370 bits per heavy atom. The van der Waals surface area contributed by atoms with Crippen LogP contribution in [0, 0.1) is 0 Å². The fourth-order valence-corrected chi connectivity index (χ4v) is 10.0. The lowest BCUT2D eigenvalue weighted by atomic mass is 9.65. The molecule has 11 rings (SSSR count). The van der Waals surface area contributed by atoms with Gasteiger partial charge in [0.2, 0.25) is 0 Å². The number of benzene rings is 8. The predicted octanol–water partition coefficient (Wildman–Crippen LogP) is 12.5. The van der Waals surface area contributed by atoms with Gasteiger partial charge in [0.25, 0.3) is 0 Å².